The van der Waals surface area contributed by atoms with Crippen LogP contribution in [-0.2, 0) is 0 Å². The molecule has 0 aliphatic heterocycles. The molecule has 4 nitrogen and oxygen atoms in total. The minimum absolute atomic E-state index is 0.178. The molecule has 0 radical (unpaired) electrons. The largest absolute Gasteiger partial charge is 0.389 e. The minimum atomic E-state index is -0.522. The molecule has 0 amide bonds. The van der Waals surface area contributed by atoms with Crippen LogP contribution in [0.2, 0.25) is 0 Å². The fourth-order valence-corrected chi connectivity index (χ4v) is 3.76. The predicted octanol–water partition coefficient (Wildman–Crippen LogP) is 3.44. The molecule has 1 aliphatic carbocycles. The Morgan fingerprint density at radius 3 is 2.52 bits per heavy atom. The van der Waals surface area contributed by atoms with Crippen LogP contribution in [0.3, 0.4) is 0 Å². The molecule has 1 heterocycles. The van der Waals surface area contributed by atoms with Gasteiger partial charge < -0.3 is 10.4 Å². The lowest BCUT2D eigenvalue weighted by atomic mass is 10.0. The summed E-state index contributed by atoms with van der Waals surface area (Å²) in [6.07, 6.45) is 4.09. The normalized spacial score (nSPS) is 18.3. The van der Waals surface area contributed by atoms with Gasteiger partial charge in [-0.05, 0) is 45.7 Å². The fraction of sp³-hybridized carbons (Fsp3) is 0.526. The Hall–Kier alpha value is -1.65. The Labute approximate surface area is 138 Å². The molecule has 4 heteroatoms. The zero-order chi connectivity index (χ0) is 16.4. The van der Waals surface area contributed by atoms with Crippen LogP contribution in [0.4, 0.5) is 0 Å². The van der Waals surface area contributed by atoms with Crippen LogP contribution >= 0.6 is 0 Å². The molecular weight excluding hydrogens is 286 g/mol. The Balaban J connectivity index is 1.78. The van der Waals surface area contributed by atoms with Gasteiger partial charge in [0.15, 0.2) is 0 Å². The summed E-state index contributed by atoms with van der Waals surface area (Å²) in [6.45, 7) is 6.99. The fourth-order valence-electron chi connectivity index (χ4n) is 3.76. The quantitative estimate of drug-likeness (QED) is 0.889. The molecule has 1 fully saturated rings. The Bertz CT molecular complexity index is 657. The highest BCUT2D eigenvalue weighted by Crippen LogP contribution is 2.30. The number of nitrogens with zero attached hydrogens (tertiary/aromatic N) is 2. The van der Waals surface area contributed by atoms with E-state index in [0.717, 1.165) is 42.8 Å². The molecule has 1 aliphatic rings. The second-order valence-electron chi connectivity index (χ2n) is 6.87. The van der Waals surface area contributed by atoms with Crippen LogP contribution in [0.25, 0.3) is 5.69 Å². The standard InChI is InChI=1S/C19H27N3O/c1-14(20-13-19(23)11-7-8-12-19)18-15(2)21-22(16(18)3)17-9-5-4-6-10-17/h4-6,9-10,14,20,23H,7-8,11-13H2,1-3H3. The van der Waals surface area contributed by atoms with Crippen LogP contribution in [0.1, 0.15) is 55.6 Å². The summed E-state index contributed by atoms with van der Waals surface area (Å²) >= 11 is 0. The zero-order valence-electron chi connectivity index (χ0n) is 14.3. The predicted molar refractivity (Wildman–Crippen MR) is 92.9 cm³/mol. The molecule has 1 unspecified atom stereocenters. The van der Waals surface area contributed by atoms with Crippen molar-refractivity contribution in [2.75, 3.05) is 6.54 Å². The Morgan fingerprint density at radius 2 is 1.87 bits per heavy atom. The van der Waals surface area contributed by atoms with Crippen molar-refractivity contribution in [2.24, 2.45) is 0 Å². The van der Waals surface area contributed by atoms with E-state index in [1.54, 1.807) is 0 Å². The topological polar surface area (TPSA) is 50.1 Å². The molecule has 0 saturated heterocycles. The van der Waals surface area contributed by atoms with Crippen molar-refractivity contribution in [1.29, 1.82) is 0 Å². The summed E-state index contributed by atoms with van der Waals surface area (Å²) in [5.74, 6) is 0. The van der Waals surface area contributed by atoms with Crippen molar-refractivity contribution in [3.63, 3.8) is 0 Å². The molecule has 0 bridgehead atoms. The molecular formula is C19H27N3O. The number of hydrogen-bond donors (Lipinski definition) is 2. The highest BCUT2D eigenvalue weighted by atomic mass is 16.3. The van der Waals surface area contributed by atoms with E-state index in [1.165, 1.54) is 5.56 Å². The van der Waals surface area contributed by atoms with E-state index < -0.39 is 5.60 Å². The van der Waals surface area contributed by atoms with Crippen molar-refractivity contribution < 1.29 is 5.11 Å². The number of benzene rings is 1. The van der Waals surface area contributed by atoms with Gasteiger partial charge in [-0.25, -0.2) is 4.68 Å². The van der Waals surface area contributed by atoms with E-state index in [9.17, 15) is 5.11 Å². The Kier molecular flexibility index (Phi) is 4.55. The molecule has 2 N–H and O–H groups in total. The lowest BCUT2D eigenvalue weighted by Crippen LogP contribution is -2.39. The van der Waals surface area contributed by atoms with Gasteiger partial charge in [-0.1, -0.05) is 31.0 Å². The van der Waals surface area contributed by atoms with Gasteiger partial charge in [-0.3, -0.25) is 0 Å². The third kappa shape index (κ3) is 3.33. The number of aromatic nitrogens is 2. The van der Waals surface area contributed by atoms with Crippen molar-refractivity contribution >= 4 is 0 Å². The summed E-state index contributed by atoms with van der Waals surface area (Å²) in [6, 6.07) is 10.4. The SMILES string of the molecule is Cc1nn(-c2ccccc2)c(C)c1C(C)NCC1(O)CCCC1. The third-order valence-corrected chi connectivity index (χ3v) is 5.05. The first kappa shape index (κ1) is 16.2. The van der Waals surface area contributed by atoms with E-state index in [0.29, 0.717) is 6.54 Å². The van der Waals surface area contributed by atoms with E-state index >= 15 is 0 Å². The maximum Gasteiger partial charge on any atom is 0.0771 e. The molecule has 124 valence electrons. The van der Waals surface area contributed by atoms with Gasteiger partial charge in [-0.2, -0.15) is 5.10 Å². The van der Waals surface area contributed by atoms with Crippen molar-refractivity contribution in [3.05, 3.63) is 47.3 Å². The van der Waals surface area contributed by atoms with E-state index in [1.807, 2.05) is 22.9 Å². The van der Waals surface area contributed by atoms with Gasteiger partial charge in [0, 0.05) is 23.8 Å². The van der Waals surface area contributed by atoms with Crippen LogP contribution in [0.5, 0.6) is 0 Å². The van der Waals surface area contributed by atoms with Crippen molar-refractivity contribution in [3.8, 4) is 5.69 Å². The first-order chi connectivity index (χ1) is 11.0. The van der Waals surface area contributed by atoms with Crippen LogP contribution in [0, 0.1) is 13.8 Å². The number of nitrogens with one attached hydrogen (secondary N) is 1. The summed E-state index contributed by atoms with van der Waals surface area (Å²) in [7, 11) is 0. The average molecular weight is 313 g/mol. The molecule has 23 heavy (non-hydrogen) atoms. The maximum absolute atomic E-state index is 10.5. The smallest absolute Gasteiger partial charge is 0.0771 e. The molecule has 1 saturated carbocycles. The maximum atomic E-state index is 10.5. The molecule has 1 aromatic heterocycles. The minimum Gasteiger partial charge on any atom is -0.389 e. The van der Waals surface area contributed by atoms with Gasteiger partial charge in [0.05, 0.1) is 17.0 Å². The molecule has 1 aromatic carbocycles. The zero-order valence-corrected chi connectivity index (χ0v) is 14.3. The molecule has 3 rings (SSSR count). The van der Waals surface area contributed by atoms with E-state index in [2.05, 4.69) is 38.2 Å². The lowest BCUT2D eigenvalue weighted by molar-refractivity contribution is 0.0453. The van der Waals surface area contributed by atoms with Crippen molar-refractivity contribution in [2.45, 2.75) is 58.1 Å². The number of para-hydroxylation sites is 1. The molecule has 2 aromatic rings. The second kappa shape index (κ2) is 6.46. The van der Waals surface area contributed by atoms with E-state index in [4.69, 9.17) is 5.10 Å². The van der Waals surface area contributed by atoms with Crippen LogP contribution in [0.15, 0.2) is 30.3 Å². The first-order valence-electron chi connectivity index (χ1n) is 8.57. The number of aryl methyl sites for hydroxylation is 1. The highest BCUT2D eigenvalue weighted by molar-refractivity contribution is 5.38. The summed E-state index contributed by atoms with van der Waals surface area (Å²) in [5, 5.41) is 18.8. The van der Waals surface area contributed by atoms with Gasteiger partial charge in [0.1, 0.15) is 0 Å². The van der Waals surface area contributed by atoms with E-state index in [-0.39, 0.29) is 6.04 Å². The first-order valence-corrected chi connectivity index (χ1v) is 8.57. The highest BCUT2D eigenvalue weighted by Gasteiger charge is 2.31. The average Bonchev–Trinajstić information content (AvgIpc) is 3.10. The summed E-state index contributed by atoms with van der Waals surface area (Å²) in [4.78, 5) is 0. The summed E-state index contributed by atoms with van der Waals surface area (Å²) < 4.78 is 2.01. The van der Waals surface area contributed by atoms with Crippen molar-refractivity contribution in [1.82, 2.24) is 15.1 Å². The monoisotopic (exact) mass is 313 g/mol. The third-order valence-electron chi connectivity index (χ3n) is 5.05. The number of hydrogen-bond acceptors (Lipinski definition) is 3. The molecule has 0 spiro atoms. The van der Waals surface area contributed by atoms with Gasteiger partial charge in [0.25, 0.3) is 0 Å². The summed E-state index contributed by atoms with van der Waals surface area (Å²) in [5.41, 5.74) is 4.00. The van der Waals surface area contributed by atoms with Crippen LogP contribution < -0.4 is 5.32 Å². The van der Waals surface area contributed by atoms with Gasteiger partial charge in [0.2, 0.25) is 0 Å². The van der Waals surface area contributed by atoms with Gasteiger partial charge in [-0.15, -0.1) is 0 Å². The number of rotatable bonds is 5. The lowest BCUT2D eigenvalue weighted by Gasteiger charge is -2.25. The number of aliphatic hydroxyl groups is 1. The van der Waals surface area contributed by atoms with Crippen LogP contribution in [-0.4, -0.2) is 27.0 Å². The second-order valence-corrected chi connectivity index (χ2v) is 6.87. The molecule has 1 atom stereocenters. The van der Waals surface area contributed by atoms with Gasteiger partial charge >= 0.3 is 0 Å². The Morgan fingerprint density at radius 1 is 1.22 bits per heavy atom.